The molecule has 0 aromatic heterocycles. The second-order valence-corrected chi connectivity index (χ2v) is 9.72. The van der Waals surface area contributed by atoms with Crippen molar-refractivity contribution in [3.8, 4) is 0 Å². The number of ketones is 2. The van der Waals surface area contributed by atoms with Crippen LogP contribution in [0.3, 0.4) is 0 Å². The van der Waals surface area contributed by atoms with Crippen LogP contribution in [0.25, 0.3) is 0 Å². The van der Waals surface area contributed by atoms with Crippen molar-refractivity contribution in [1.82, 2.24) is 0 Å². The van der Waals surface area contributed by atoms with Crippen LogP contribution in [0.2, 0.25) is 0 Å². The summed E-state index contributed by atoms with van der Waals surface area (Å²) in [6, 6.07) is 0. The predicted octanol–water partition coefficient (Wildman–Crippen LogP) is 2.20. The fourth-order valence-corrected chi connectivity index (χ4v) is 5.29. The van der Waals surface area contributed by atoms with E-state index in [1.807, 2.05) is 0 Å². The predicted molar refractivity (Wildman–Crippen MR) is 89.4 cm³/mol. The van der Waals surface area contributed by atoms with Crippen LogP contribution in [0, 0.1) is 0 Å². The van der Waals surface area contributed by atoms with E-state index >= 15 is 0 Å². The maximum Gasteiger partial charge on any atom is 0.151 e. The van der Waals surface area contributed by atoms with Gasteiger partial charge in [0.15, 0.2) is 11.6 Å². The molecule has 0 aromatic carbocycles. The van der Waals surface area contributed by atoms with Gasteiger partial charge in [0, 0.05) is 12.8 Å². The van der Waals surface area contributed by atoms with Crippen LogP contribution in [-0.2, 0) is 9.59 Å². The number of rotatable bonds is 8. The average Bonchev–Trinajstić information content (AvgIpc) is 2.27. The molecule has 0 heterocycles. The molecule has 20 heavy (non-hydrogen) atoms. The zero-order valence-electron chi connectivity index (χ0n) is 12.3. The standard InChI is InChI=1S/C13H22O4S3/c1-12(2,9(16)5-7-14)19-11(18)20-13(3,4)10(17)6-8-15/h14-15H,5-8H2,1-4H3. The normalized spacial score (nSPS) is 12.3. The SMILES string of the molecule is CC(C)(SC(=S)SC(C)(C)C(=O)CCO)C(=O)CCO. The van der Waals surface area contributed by atoms with Crippen LogP contribution in [-0.4, -0.2) is 48.0 Å². The summed E-state index contributed by atoms with van der Waals surface area (Å²) in [5.74, 6) is -0.153. The quantitative estimate of drug-likeness (QED) is 0.657. The van der Waals surface area contributed by atoms with Gasteiger partial charge in [0.2, 0.25) is 0 Å². The third kappa shape index (κ3) is 6.67. The van der Waals surface area contributed by atoms with E-state index in [2.05, 4.69) is 0 Å². The monoisotopic (exact) mass is 338 g/mol. The highest BCUT2D eigenvalue weighted by atomic mass is 32.2. The van der Waals surface area contributed by atoms with Crippen molar-refractivity contribution >= 4 is 50.8 Å². The first-order chi connectivity index (χ1) is 9.06. The summed E-state index contributed by atoms with van der Waals surface area (Å²) in [7, 11) is 0. The molecule has 0 radical (unpaired) electrons. The van der Waals surface area contributed by atoms with Gasteiger partial charge in [-0.15, -0.1) is 0 Å². The average molecular weight is 339 g/mol. The Balaban J connectivity index is 4.63. The van der Waals surface area contributed by atoms with Gasteiger partial charge in [0.25, 0.3) is 0 Å². The molecule has 0 bridgehead atoms. The molecule has 0 saturated heterocycles. The number of carbonyl (C=O) groups is 2. The van der Waals surface area contributed by atoms with E-state index < -0.39 is 9.49 Å². The molecule has 4 nitrogen and oxygen atoms in total. The van der Waals surface area contributed by atoms with Crippen LogP contribution in [0.5, 0.6) is 0 Å². The van der Waals surface area contributed by atoms with E-state index in [-0.39, 0.29) is 37.6 Å². The molecule has 0 aliphatic rings. The minimum atomic E-state index is -0.719. The van der Waals surface area contributed by atoms with Gasteiger partial charge >= 0.3 is 0 Å². The maximum absolute atomic E-state index is 11.9. The molecule has 0 spiro atoms. The first-order valence-corrected chi connectivity index (χ1v) is 8.31. The van der Waals surface area contributed by atoms with Gasteiger partial charge in [-0.3, -0.25) is 9.59 Å². The minimum Gasteiger partial charge on any atom is -0.396 e. The highest BCUT2D eigenvalue weighted by Gasteiger charge is 2.34. The molecular formula is C13H22O4S3. The van der Waals surface area contributed by atoms with E-state index in [9.17, 15) is 9.59 Å². The highest BCUT2D eigenvalue weighted by molar-refractivity contribution is 8.48. The molecule has 7 heteroatoms. The zero-order chi connectivity index (χ0) is 16.0. The van der Waals surface area contributed by atoms with Crippen LogP contribution in [0.1, 0.15) is 40.5 Å². The largest absolute Gasteiger partial charge is 0.396 e. The molecule has 2 N–H and O–H groups in total. The third-order valence-electron chi connectivity index (χ3n) is 2.70. The van der Waals surface area contributed by atoms with Crippen molar-refractivity contribution in [3.63, 3.8) is 0 Å². The lowest BCUT2D eigenvalue weighted by molar-refractivity contribution is -0.122. The minimum absolute atomic E-state index is 0.0764. The fourth-order valence-electron chi connectivity index (χ4n) is 1.36. The van der Waals surface area contributed by atoms with Crippen molar-refractivity contribution in [2.45, 2.75) is 50.0 Å². The second kappa shape index (κ2) is 8.48. The molecule has 0 aliphatic carbocycles. The van der Waals surface area contributed by atoms with Gasteiger partial charge in [0.1, 0.15) is 3.53 Å². The van der Waals surface area contributed by atoms with Gasteiger partial charge in [-0.05, 0) is 27.7 Å². The molecule has 116 valence electrons. The smallest absolute Gasteiger partial charge is 0.151 e. The third-order valence-corrected chi connectivity index (χ3v) is 5.51. The molecule has 0 unspecified atom stereocenters. The number of carbonyl (C=O) groups excluding carboxylic acids is 2. The van der Waals surface area contributed by atoms with E-state index in [0.717, 1.165) is 0 Å². The highest BCUT2D eigenvalue weighted by Crippen LogP contribution is 2.38. The molecular weight excluding hydrogens is 316 g/mol. The van der Waals surface area contributed by atoms with Crippen molar-refractivity contribution < 1.29 is 19.8 Å². The van der Waals surface area contributed by atoms with Crippen LogP contribution >= 0.6 is 35.7 Å². The lowest BCUT2D eigenvalue weighted by Crippen LogP contribution is -2.32. The summed E-state index contributed by atoms with van der Waals surface area (Å²) >= 11 is 7.72. The summed E-state index contributed by atoms with van der Waals surface area (Å²) in [5.41, 5.74) is 0. The Labute approximate surface area is 134 Å². The van der Waals surface area contributed by atoms with E-state index in [1.165, 1.54) is 23.5 Å². The van der Waals surface area contributed by atoms with Crippen molar-refractivity contribution in [3.05, 3.63) is 0 Å². The summed E-state index contributed by atoms with van der Waals surface area (Å²) in [6.07, 6.45) is 0.195. The number of thiocarbonyl (C=S) groups is 1. The molecule has 0 aromatic rings. The zero-order valence-corrected chi connectivity index (χ0v) is 14.7. The van der Waals surface area contributed by atoms with Crippen LogP contribution < -0.4 is 0 Å². The first kappa shape index (κ1) is 20.1. The Kier molecular flexibility index (Phi) is 8.50. The Morgan fingerprint density at radius 3 is 1.45 bits per heavy atom. The van der Waals surface area contributed by atoms with Crippen LogP contribution in [0.4, 0.5) is 0 Å². The summed E-state index contributed by atoms with van der Waals surface area (Å²) in [4.78, 5) is 23.7. The molecule has 0 saturated carbocycles. The van der Waals surface area contributed by atoms with Crippen LogP contribution in [0.15, 0.2) is 0 Å². The Hall–Kier alpha value is 0.0500. The van der Waals surface area contributed by atoms with Gasteiger partial charge in [-0.1, -0.05) is 35.7 Å². The second-order valence-electron chi connectivity index (χ2n) is 5.27. The van der Waals surface area contributed by atoms with Gasteiger partial charge < -0.3 is 10.2 Å². The lowest BCUT2D eigenvalue weighted by Gasteiger charge is -2.26. The summed E-state index contributed by atoms with van der Waals surface area (Å²) < 4.78 is -0.927. The first-order valence-electron chi connectivity index (χ1n) is 6.27. The van der Waals surface area contributed by atoms with E-state index in [0.29, 0.717) is 3.53 Å². The van der Waals surface area contributed by atoms with E-state index in [1.54, 1.807) is 27.7 Å². The maximum atomic E-state index is 11.9. The topological polar surface area (TPSA) is 74.6 Å². The Bertz CT molecular complexity index is 344. The number of thioether (sulfide) groups is 2. The van der Waals surface area contributed by atoms with Gasteiger partial charge in [-0.2, -0.15) is 0 Å². The van der Waals surface area contributed by atoms with E-state index in [4.69, 9.17) is 22.4 Å². The lowest BCUT2D eigenvalue weighted by atomic mass is 10.1. The van der Waals surface area contributed by atoms with Gasteiger partial charge in [0.05, 0.1) is 22.7 Å². The molecule has 0 aliphatic heterocycles. The Morgan fingerprint density at radius 2 is 1.20 bits per heavy atom. The summed E-state index contributed by atoms with van der Waals surface area (Å²) in [6.45, 7) is 6.67. The molecule has 0 rings (SSSR count). The number of hydrogen-bond donors (Lipinski definition) is 2. The van der Waals surface area contributed by atoms with Crippen molar-refractivity contribution in [2.24, 2.45) is 0 Å². The number of hydrogen-bond acceptors (Lipinski definition) is 7. The summed E-state index contributed by atoms with van der Waals surface area (Å²) in [5, 5.41) is 17.6. The van der Waals surface area contributed by atoms with Crippen molar-refractivity contribution in [1.29, 1.82) is 0 Å². The molecule has 0 fully saturated rings. The molecule has 0 amide bonds. The fraction of sp³-hybridized carbons (Fsp3) is 0.769. The van der Waals surface area contributed by atoms with Crippen molar-refractivity contribution in [2.75, 3.05) is 13.2 Å². The number of aliphatic hydroxyl groups excluding tert-OH is 2. The number of Topliss-reactive ketones (excluding diaryl/α,β-unsaturated/α-hetero) is 2. The molecule has 0 atom stereocenters. The number of aliphatic hydroxyl groups is 2. The Morgan fingerprint density at radius 1 is 0.900 bits per heavy atom. The van der Waals surface area contributed by atoms with Gasteiger partial charge in [-0.25, -0.2) is 0 Å².